The molecule has 1 unspecified atom stereocenters. The molecule has 29 heteroatoms. The Labute approximate surface area is 619 Å². The zero-order chi connectivity index (χ0) is 75.2. The normalized spacial score (nSPS) is 23.5. The number of ketones is 1. The van der Waals surface area contributed by atoms with E-state index in [1.165, 1.54) is 38.1 Å². The van der Waals surface area contributed by atoms with Crippen molar-refractivity contribution in [1.29, 1.82) is 0 Å². The first-order chi connectivity index (χ1) is 50.6. The maximum Gasteiger partial charge on any atom is 0.350 e. The van der Waals surface area contributed by atoms with Gasteiger partial charge in [0.25, 0.3) is 5.91 Å². The summed E-state index contributed by atoms with van der Waals surface area (Å²) in [6.07, 6.45) is -7.98. The average molecular weight is 1500 g/mol. The Hall–Kier alpha value is -7.23. The molecule has 2 saturated carbocycles. The molecule has 574 valence electrons. The summed E-state index contributed by atoms with van der Waals surface area (Å²) in [7, 11) is 3.33. The topological polar surface area (TPSA) is 340 Å². The summed E-state index contributed by atoms with van der Waals surface area (Å²) >= 11 is 0. The average Bonchev–Trinajstić information content (AvgIpc) is 0.670. The second kappa shape index (κ2) is 41.8. The quantitative estimate of drug-likeness (QED) is 0.0129. The first-order valence-corrected chi connectivity index (χ1v) is 37.6. The summed E-state index contributed by atoms with van der Waals surface area (Å²) < 4.78 is 85.8. The van der Waals surface area contributed by atoms with Crippen molar-refractivity contribution in [1.82, 2.24) is 10.3 Å². The van der Waals surface area contributed by atoms with Gasteiger partial charge >= 0.3 is 35.8 Å². The molecule has 3 fully saturated rings. The third-order valence-electron chi connectivity index (χ3n) is 19.0. The van der Waals surface area contributed by atoms with Crippen molar-refractivity contribution in [2.45, 2.75) is 126 Å². The number of carbonyl (C=O) groups excluding carboxylic acids is 8. The van der Waals surface area contributed by atoms with Crippen LogP contribution in [0.5, 0.6) is 0 Å². The molecule has 3 N–H and O–H groups in total. The van der Waals surface area contributed by atoms with Crippen LogP contribution >= 0.6 is 21.6 Å². The Balaban J connectivity index is 0.770. The van der Waals surface area contributed by atoms with E-state index in [0.29, 0.717) is 91.5 Å². The second-order valence-corrected chi connectivity index (χ2v) is 28.7. The van der Waals surface area contributed by atoms with Gasteiger partial charge in [-0.25, -0.2) is 14.6 Å². The highest BCUT2D eigenvalue weighted by Crippen LogP contribution is 2.65. The zero-order valence-electron chi connectivity index (χ0n) is 60.3. The lowest BCUT2D eigenvalue weighted by atomic mass is 9.43. The summed E-state index contributed by atoms with van der Waals surface area (Å²) in [4.78, 5) is 117. The molecule has 11 atom stereocenters. The summed E-state index contributed by atoms with van der Waals surface area (Å²) in [5, 5.41) is 30.0. The van der Waals surface area contributed by atoms with Gasteiger partial charge in [0.05, 0.1) is 155 Å². The fraction of sp³-hybridized carbons (Fsp3) is 0.566. The van der Waals surface area contributed by atoms with Crippen LogP contribution in [0.25, 0.3) is 0 Å². The number of esters is 6. The van der Waals surface area contributed by atoms with E-state index >= 15 is 9.59 Å². The number of nitrogens with one attached hydrogen (secondary N) is 1. The number of nitrogens with zero attached hydrogens (tertiary/aromatic N) is 1. The minimum atomic E-state index is -2.35. The highest BCUT2D eigenvalue weighted by Gasteiger charge is 2.77. The van der Waals surface area contributed by atoms with Crippen LogP contribution in [0.3, 0.4) is 0 Å². The Morgan fingerprint density at radius 3 is 1.66 bits per heavy atom. The van der Waals surface area contributed by atoms with Gasteiger partial charge in [0, 0.05) is 48.6 Å². The number of Topliss-reactive ketones (excluding diaryl/α,β-unsaturated/α-hetero) is 1. The summed E-state index contributed by atoms with van der Waals surface area (Å²) in [6, 6.07) is 28.4. The van der Waals surface area contributed by atoms with Gasteiger partial charge in [-0.15, -0.1) is 0 Å². The SMILES string of the molecule is CC(=O)O[C@@]12COC1C[C@H](O)[C@@]1(C)C(=O)[C@H](C)C3=C(C)[C@@H](OC(=O)[C@H](OC(=O)CCC(=O)OCCOC(=O)CCOCCOCCOCCOCCOCCOCCOCCOCCSSc4ccccn4)[C@@H](NC(=O)c4ccccc4)c4ccccc4)C[C@@](O)([C@@H](OC(=O)c4ccccc4)[C@@H]12)C3(C)C. The van der Waals surface area contributed by atoms with E-state index in [1.54, 1.807) is 122 Å². The van der Waals surface area contributed by atoms with Crippen molar-refractivity contribution >= 4 is 69.1 Å². The number of ether oxygens (including phenoxy) is 15. The number of amides is 1. The van der Waals surface area contributed by atoms with Crippen molar-refractivity contribution in [3.8, 4) is 0 Å². The van der Waals surface area contributed by atoms with Crippen LogP contribution in [0.2, 0.25) is 0 Å². The lowest BCUT2D eigenvalue weighted by Crippen LogP contribution is -2.81. The fourth-order valence-electron chi connectivity index (χ4n) is 13.8. The largest absolute Gasteiger partial charge is 0.462 e. The first kappa shape index (κ1) is 83.4. The molecule has 1 aromatic heterocycles. The number of hydrogen-bond donors (Lipinski definition) is 3. The van der Waals surface area contributed by atoms with E-state index in [2.05, 4.69) is 10.3 Å². The molecule has 4 aliphatic rings. The molecule has 8 rings (SSSR count). The Morgan fingerprint density at radius 1 is 0.629 bits per heavy atom. The maximum absolute atomic E-state index is 15.6. The molecule has 1 aliphatic heterocycles. The molecule has 0 spiro atoms. The van der Waals surface area contributed by atoms with Crippen LogP contribution in [0, 0.1) is 22.7 Å². The number of hydrogen-bond acceptors (Lipinski definition) is 28. The van der Waals surface area contributed by atoms with Crippen molar-refractivity contribution in [3.05, 3.63) is 143 Å². The first-order valence-electron chi connectivity index (χ1n) is 35.3. The van der Waals surface area contributed by atoms with Crippen molar-refractivity contribution in [2.75, 3.05) is 131 Å². The van der Waals surface area contributed by atoms with E-state index in [4.69, 9.17) is 71.1 Å². The minimum Gasteiger partial charge on any atom is -0.462 e. The molecule has 27 nitrogen and oxygen atoms in total. The second-order valence-electron chi connectivity index (χ2n) is 26.2. The van der Waals surface area contributed by atoms with Gasteiger partial charge in [-0.1, -0.05) is 104 Å². The molecule has 3 aliphatic carbocycles. The number of pyridine rings is 1. The van der Waals surface area contributed by atoms with Gasteiger partial charge in [-0.2, -0.15) is 0 Å². The third kappa shape index (κ3) is 22.9. The van der Waals surface area contributed by atoms with Crippen LogP contribution in [-0.2, 0) is 99.8 Å². The van der Waals surface area contributed by atoms with Gasteiger partial charge in [0.15, 0.2) is 5.60 Å². The number of rotatable bonds is 45. The molecule has 4 aromatic rings. The van der Waals surface area contributed by atoms with E-state index in [-0.39, 0.29) is 74.7 Å². The van der Waals surface area contributed by atoms with Crippen LogP contribution < -0.4 is 5.32 Å². The molecule has 0 radical (unpaired) electrons. The van der Waals surface area contributed by atoms with Crippen LogP contribution in [0.4, 0.5) is 0 Å². The Bertz CT molecular complexity index is 3470. The zero-order valence-corrected chi connectivity index (χ0v) is 61.9. The van der Waals surface area contributed by atoms with Crippen molar-refractivity contribution < 1.29 is 120 Å². The van der Waals surface area contributed by atoms with Crippen LogP contribution in [0.1, 0.15) is 106 Å². The highest BCUT2D eigenvalue weighted by molar-refractivity contribution is 8.76. The lowest BCUT2D eigenvalue weighted by molar-refractivity contribution is -0.345. The highest BCUT2D eigenvalue weighted by atomic mass is 33.1. The molecular formula is C76H98N2O25S2. The fourth-order valence-corrected chi connectivity index (χ4v) is 15.5. The minimum absolute atomic E-state index is 0.0391. The monoisotopic (exact) mass is 1500 g/mol. The predicted molar refractivity (Wildman–Crippen MR) is 380 cm³/mol. The van der Waals surface area contributed by atoms with Gasteiger partial charge in [0.1, 0.15) is 54.0 Å². The standard InChI is InChI=1S/C76H98N2O25S2/c1-51-57(49-76(88)69(102-71(86)56-22-14-9-15-23-56)67-74(6,68(84)52(2)64(51)73(76,4)5)58(80)48-59-75(67,50-99-59)103-53(3)79)100-72(87)66(65(54-18-10-7-11-19-54)78-70(85)55-20-12-8-13-21-55)101-63(83)26-25-61(81)97-44-45-98-62(82)27-29-89-30-31-90-32-33-91-34-35-92-36-37-93-38-39-94-40-41-95-42-43-96-46-47-104-105-60-24-16-17-28-77-60/h7-24,28,52,57-59,65-67,69,80,88H,25-27,29-50H2,1-6H3,(H,78,85)/t52-,57+,58+,59?,65+,66-,67+,69+,74-,75+,76-/m1/s1. The number of aliphatic hydroxyl groups excluding tert-OH is 1. The smallest absolute Gasteiger partial charge is 0.350 e. The number of fused-ring (bicyclic) bond motifs is 5. The molecule has 1 saturated heterocycles. The predicted octanol–water partition coefficient (Wildman–Crippen LogP) is 7.22. The molecule has 2 heterocycles. The van der Waals surface area contributed by atoms with Crippen molar-refractivity contribution in [2.24, 2.45) is 22.7 Å². The van der Waals surface area contributed by atoms with Gasteiger partial charge in [-0.05, 0) is 77.7 Å². The number of benzene rings is 3. The molecule has 105 heavy (non-hydrogen) atoms. The number of aliphatic hydroxyl groups is 2. The van der Waals surface area contributed by atoms with Gasteiger partial charge in [-0.3, -0.25) is 28.8 Å². The third-order valence-corrected chi connectivity index (χ3v) is 21.3. The molecule has 2 bridgehead atoms. The maximum atomic E-state index is 15.6. The van der Waals surface area contributed by atoms with Gasteiger partial charge in [0.2, 0.25) is 6.10 Å². The van der Waals surface area contributed by atoms with Crippen LogP contribution in [0.15, 0.2) is 132 Å². The van der Waals surface area contributed by atoms with E-state index in [0.717, 1.165) is 10.8 Å². The van der Waals surface area contributed by atoms with Crippen LogP contribution in [-0.4, -0.2) is 236 Å². The Morgan fingerprint density at radius 2 is 1.13 bits per heavy atom. The molecular weight excluding hydrogens is 1400 g/mol. The van der Waals surface area contributed by atoms with Crippen molar-refractivity contribution in [3.63, 3.8) is 0 Å². The van der Waals surface area contributed by atoms with E-state index in [9.17, 15) is 39.0 Å². The van der Waals surface area contributed by atoms with E-state index in [1.807, 2.05) is 18.2 Å². The molecule has 3 aromatic carbocycles. The summed E-state index contributed by atoms with van der Waals surface area (Å²) in [5.41, 5.74) is -6.33. The molecule has 1 amide bonds. The lowest BCUT2D eigenvalue weighted by Gasteiger charge is -2.67. The van der Waals surface area contributed by atoms with Gasteiger partial charge < -0.3 is 86.6 Å². The Kier molecular flexibility index (Phi) is 33.2. The number of carbonyl (C=O) groups is 8. The summed E-state index contributed by atoms with van der Waals surface area (Å²) in [5.74, 6) is -8.48. The summed E-state index contributed by atoms with van der Waals surface area (Å²) in [6.45, 7) is 14.6. The number of aromatic nitrogens is 1. The van der Waals surface area contributed by atoms with E-state index < -0.39 is 137 Å².